The van der Waals surface area contributed by atoms with Crippen molar-refractivity contribution < 1.29 is 14.5 Å². The van der Waals surface area contributed by atoms with Crippen molar-refractivity contribution >= 4 is 30.8 Å². The van der Waals surface area contributed by atoms with E-state index in [9.17, 15) is 14.9 Å². The Balaban J connectivity index is 2.65. The summed E-state index contributed by atoms with van der Waals surface area (Å²) in [5, 5.41) is 15.8. The number of rotatable bonds is 1. The van der Waals surface area contributed by atoms with Crippen LogP contribution in [-0.4, -0.2) is 34.5 Å². The smallest absolute Gasteiger partial charge is 0.435 e. The van der Waals surface area contributed by atoms with Crippen LogP contribution in [0.2, 0.25) is 19.6 Å². The van der Waals surface area contributed by atoms with Crippen LogP contribution in [0.4, 0.5) is 10.5 Å². The lowest BCUT2D eigenvalue weighted by Crippen LogP contribution is -2.27. The summed E-state index contributed by atoms with van der Waals surface area (Å²) in [6.45, 7) is 11.5. The van der Waals surface area contributed by atoms with Gasteiger partial charge in [0.1, 0.15) is 19.4 Å². The van der Waals surface area contributed by atoms with E-state index < -0.39 is 24.7 Å². The molecule has 1 heterocycles. The fourth-order valence-corrected chi connectivity index (χ4v) is 2.50. The van der Waals surface area contributed by atoms with Gasteiger partial charge in [0.05, 0.1) is 10.4 Å². The first-order valence-corrected chi connectivity index (χ1v) is 11.3. The van der Waals surface area contributed by atoms with E-state index in [1.54, 1.807) is 20.8 Å². The van der Waals surface area contributed by atoms with Gasteiger partial charge in [-0.1, -0.05) is 25.6 Å². The molecule has 0 atom stereocenters. The molecule has 0 bridgehead atoms. The number of hydrogen-bond donors (Lipinski definition) is 0. The highest BCUT2D eigenvalue weighted by atomic mass is 28.3. The van der Waals surface area contributed by atoms with E-state index in [2.05, 4.69) is 36.2 Å². The summed E-state index contributed by atoms with van der Waals surface area (Å²) in [5.41, 5.74) is 3.18. The zero-order chi connectivity index (χ0) is 19.0. The summed E-state index contributed by atoms with van der Waals surface area (Å²) >= 11 is 0. The Hall–Kier alpha value is -2.66. The second-order valence-corrected chi connectivity index (χ2v) is 12.4. The molecule has 0 aliphatic carbocycles. The molecule has 1 aromatic heterocycles. The molecular weight excluding hydrogens is 338 g/mol. The number of ether oxygens (including phenoxy) is 1. The van der Waals surface area contributed by atoms with Crippen LogP contribution in [0.1, 0.15) is 26.5 Å². The molecule has 132 valence electrons. The Kier molecular flexibility index (Phi) is 4.73. The van der Waals surface area contributed by atoms with E-state index in [1.165, 1.54) is 18.2 Å². The monoisotopic (exact) mass is 359 g/mol. The van der Waals surface area contributed by atoms with Crippen LogP contribution < -0.4 is 0 Å². The average molecular weight is 359 g/mol. The Bertz CT molecular complexity index is 908. The second-order valence-electron chi connectivity index (χ2n) is 7.70. The summed E-state index contributed by atoms with van der Waals surface area (Å²) in [6.07, 6.45) is -0.646. The van der Waals surface area contributed by atoms with Gasteiger partial charge < -0.3 is 4.74 Å². The molecule has 8 heteroatoms. The van der Waals surface area contributed by atoms with E-state index in [4.69, 9.17) is 4.74 Å². The van der Waals surface area contributed by atoms with Gasteiger partial charge in [0.15, 0.2) is 0 Å². The van der Waals surface area contributed by atoms with E-state index in [1.807, 2.05) is 0 Å². The number of nitro benzene ring substituents is 1. The number of carbonyl (C=O) groups excluding carboxylic acids is 1. The van der Waals surface area contributed by atoms with Crippen molar-refractivity contribution in [1.29, 1.82) is 0 Å². The molecule has 1 aromatic carbocycles. The van der Waals surface area contributed by atoms with E-state index in [0.29, 0.717) is 16.6 Å². The van der Waals surface area contributed by atoms with E-state index in [0.717, 1.165) is 4.68 Å². The largest absolute Gasteiger partial charge is 0.442 e. The first-order chi connectivity index (χ1) is 11.4. The molecule has 0 fully saturated rings. The molecule has 0 saturated carbocycles. The van der Waals surface area contributed by atoms with E-state index in [-0.39, 0.29) is 5.69 Å². The lowest BCUT2D eigenvalue weighted by molar-refractivity contribution is -0.384. The third-order valence-electron chi connectivity index (χ3n) is 3.00. The molecule has 0 aliphatic heterocycles. The minimum atomic E-state index is -1.68. The highest BCUT2D eigenvalue weighted by Gasteiger charge is 2.23. The third-order valence-corrected chi connectivity index (χ3v) is 3.87. The maximum absolute atomic E-state index is 12.4. The van der Waals surface area contributed by atoms with Crippen molar-refractivity contribution in [2.24, 2.45) is 0 Å². The van der Waals surface area contributed by atoms with Crippen molar-refractivity contribution in [1.82, 2.24) is 9.78 Å². The zero-order valence-electron chi connectivity index (χ0n) is 15.2. The molecule has 0 unspecified atom stereocenters. The van der Waals surface area contributed by atoms with E-state index >= 15 is 0 Å². The predicted octanol–water partition coefficient (Wildman–Crippen LogP) is 3.96. The van der Waals surface area contributed by atoms with Gasteiger partial charge in [0, 0.05) is 17.5 Å². The molecular formula is C17H21N3O4Si. The molecule has 0 aliphatic rings. The fourth-order valence-electron chi connectivity index (χ4n) is 2.00. The van der Waals surface area contributed by atoms with Crippen molar-refractivity contribution in [3.8, 4) is 11.5 Å². The minimum absolute atomic E-state index is 0.0766. The summed E-state index contributed by atoms with van der Waals surface area (Å²) in [5.74, 6) is 2.98. The van der Waals surface area contributed by atoms with Gasteiger partial charge in [-0.3, -0.25) is 10.1 Å². The molecule has 0 N–H and O–H groups in total. The van der Waals surface area contributed by atoms with Gasteiger partial charge in [-0.2, -0.15) is 9.78 Å². The highest BCUT2D eigenvalue weighted by molar-refractivity contribution is 6.83. The Morgan fingerprint density at radius 1 is 1.32 bits per heavy atom. The normalized spacial score (nSPS) is 11.8. The summed E-state index contributed by atoms with van der Waals surface area (Å²) in [7, 11) is -1.68. The van der Waals surface area contributed by atoms with Gasteiger partial charge in [-0.25, -0.2) is 4.79 Å². The second kappa shape index (κ2) is 6.33. The Morgan fingerprint density at radius 3 is 2.48 bits per heavy atom. The zero-order valence-corrected chi connectivity index (χ0v) is 16.2. The molecule has 2 rings (SSSR count). The third kappa shape index (κ3) is 4.67. The maximum atomic E-state index is 12.4. The Morgan fingerprint density at radius 2 is 1.96 bits per heavy atom. The number of hydrogen-bond acceptors (Lipinski definition) is 5. The van der Waals surface area contributed by atoms with Crippen LogP contribution in [0.15, 0.2) is 18.2 Å². The molecule has 0 saturated heterocycles. The van der Waals surface area contributed by atoms with Crippen LogP contribution in [0.25, 0.3) is 10.9 Å². The van der Waals surface area contributed by atoms with Gasteiger partial charge in [0.2, 0.25) is 0 Å². The minimum Gasteiger partial charge on any atom is -0.442 e. The van der Waals surface area contributed by atoms with Crippen LogP contribution in [0, 0.1) is 21.6 Å². The molecule has 0 radical (unpaired) electrons. The summed E-state index contributed by atoms with van der Waals surface area (Å²) < 4.78 is 6.47. The number of aromatic nitrogens is 2. The molecule has 0 spiro atoms. The quantitative estimate of drug-likeness (QED) is 0.333. The van der Waals surface area contributed by atoms with Crippen LogP contribution in [-0.2, 0) is 4.74 Å². The number of non-ortho nitro benzene ring substituents is 1. The van der Waals surface area contributed by atoms with Crippen molar-refractivity contribution in [3.63, 3.8) is 0 Å². The molecule has 7 nitrogen and oxygen atoms in total. The summed E-state index contributed by atoms with van der Waals surface area (Å²) in [4.78, 5) is 23.0. The molecule has 0 amide bonds. The number of nitrogens with zero attached hydrogens (tertiary/aromatic N) is 3. The summed E-state index contributed by atoms with van der Waals surface area (Å²) in [6, 6.07) is 4.21. The standard InChI is InChI=1S/C17H21N3O4Si/c1-17(2,3)24-16(21)19-15-8-7-12(20(22)23)11-13(15)14(18-19)9-10-25(4,5)6/h7-8,11H,1-6H3. The van der Waals surface area contributed by atoms with Gasteiger partial charge >= 0.3 is 6.09 Å². The fraction of sp³-hybridized carbons (Fsp3) is 0.412. The highest BCUT2D eigenvalue weighted by Crippen LogP contribution is 2.24. The van der Waals surface area contributed by atoms with Crippen LogP contribution >= 0.6 is 0 Å². The van der Waals surface area contributed by atoms with Crippen molar-refractivity contribution in [2.45, 2.75) is 46.0 Å². The first kappa shape index (κ1) is 18.7. The SMILES string of the molecule is CC(C)(C)OC(=O)n1nc(C#C[Si](C)(C)C)c2cc([N+](=O)[O-])ccc21. The Labute approximate surface area is 147 Å². The van der Waals surface area contributed by atoms with Crippen molar-refractivity contribution in [3.05, 3.63) is 34.0 Å². The lowest BCUT2D eigenvalue weighted by atomic mass is 10.2. The predicted molar refractivity (Wildman–Crippen MR) is 98.2 cm³/mol. The number of benzene rings is 1. The first-order valence-electron chi connectivity index (χ1n) is 7.81. The van der Waals surface area contributed by atoms with Gasteiger partial charge in [0.25, 0.3) is 5.69 Å². The van der Waals surface area contributed by atoms with Gasteiger partial charge in [-0.05, 0) is 26.8 Å². The van der Waals surface area contributed by atoms with Crippen molar-refractivity contribution in [2.75, 3.05) is 0 Å². The average Bonchev–Trinajstić information content (AvgIpc) is 2.80. The van der Waals surface area contributed by atoms with Crippen LogP contribution in [0.5, 0.6) is 0 Å². The number of fused-ring (bicyclic) bond motifs is 1. The van der Waals surface area contributed by atoms with Crippen LogP contribution in [0.3, 0.4) is 0 Å². The van der Waals surface area contributed by atoms with Gasteiger partial charge in [-0.15, -0.1) is 5.54 Å². The molecule has 25 heavy (non-hydrogen) atoms. The number of nitro groups is 1. The topological polar surface area (TPSA) is 87.3 Å². The lowest BCUT2D eigenvalue weighted by Gasteiger charge is -2.19. The molecule has 2 aromatic rings. The number of carbonyl (C=O) groups is 1. The maximum Gasteiger partial charge on any atom is 0.435 e.